The van der Waals surface area contributed by atoms with Gasteiger partial charge in [-0.1, -0.05) is 35.4 Å². The van der Waals surface area contributed by atoms with Crippen LogP contribution in [0.1, 0.15) is 32.1 Å². The Bertz CT molecular complexity index is 240. The SMILES string of the molecule is O=C(O)CCOCCOCCOCCOCCCCCCI. The fraction of sp³-hybridized carbons (Fsp3) is 0.933. The number of aliphatic carboxylic acids is 1. The van der Waals surface area contributed by atoms with Crippen LogP contribution in [-0.4, -0.2) is 68.4 Å². The van der Waals surface area contributed by atoms with E-state index in [9.17, 15) is 4.79 Å². The number of rotatable bonds is 18. The highest BCUT2D eigenvalue weighted by molar-refractivity contribution is 14.1. The summed E-state index contributed by atoms with van der Waals surface area (Å²) in [5.74, 6) is -0.850. The van der Waals surface area contributed by atoms with Gasteiger partial charge in [-0.3, -0.25) is 4.79 Å². The zero-order valence-corrected chi connectivity index (χ0v) is 15.4. The van der Waals surface area contributed by atoms with E-state index in [1.54, 1.807) is 0 Å². The smallest absolute Gasteiger partial charge is 0.305 e. The third kappa shape index (κ3) is 20.0. The first-order valence-electron chi connectivity index (χ1n) is 7.86. The molecule has 132 valence electrons. The molecule has 0 bridgehead atoms. The molecule has 0 atom stereocenters. The van der Waals surface area contributed by atoms with Crippen LogP contribution in [-0.2, 0) is 23.7 Å². The van der Waals surface area contributed by atoms with Crippen molar-refractivity contribution >= 4 is 28.6 Å². The quantitative estimate of drug-likeness (QED) is 0.204. The van der Waals surface area contributed by atoms with E-state index in [-0.39, 0.29) is 13.0 Å². The highest BCUT2D eigenvalue weighted by atomic mass is 127. The van der Waals surface area contributed by atoms with Gasteiger partial charge in [0, 0.05) is 6.61 Å². The van der Waals surface area contributed by atoms with Gasteiger partial charge < -0.3 is 24.1 Å². The lowest BCUT2D eigenvalue weighted by Gasteiger charge is -2.07. The van der Waals surface area contributed by atoms with Crippen molar-refractivity contribution in [2.24, 2.45) is 0 Å². The van der Waals surface area contributed by atoms with Gasteiger partial charge in [-0.25, -0.2) is 0 Å². The minimum Gasteiger partial charge on any atom is -0.481 e. The molecule has 6 nitrogen and oxygen atoms in total. The molecule has 0 fully saturated rings. The summed E-state index contributed by atoms with van der Waals surface area (Å²) in [6.45, 7) is 4.17. The first-order valence-corrected chi connectivity index (χ1v) is 9.38. The predicted octanol–water partition coefficient (Wildman–Crippen LogP) is 2.52. The Kier molecular flexibility index (Phi) is 19.1. The zero-order chi connectivity index (χ0) is 16.3. The second-order valence-electron chi connectivity index (χ2n) is 4.70. The van der Waals surface area contributed by atoms with Crippen molar-refractivity contribution in [2.45, 2.75) is 32.1 Å². The van der Waals surface area contributed by atoms with E-state index in [0.717, 1.165) is 13.0 Å². The largest absolute Gasteiger partial charge is 0.481 e. The molecule has 0 aromatic rings. The van der Waals surface area contributed by atoms with E-state index in [0.29, 0.717) is 39.6 Å². The van der Waals surface area contributed by atoms with Crippen LogP contribution in [0.5, 0.6) is 0 Å². The van der Waals surface area contributed by atoms with Crippen LogP contribution in [0.4, 0.5) is 0 Å². The first-order chi connectivity index (χ1) is 10.8. The molecule has 1 N–H and O–H groups in total. The summed E-state index contributed by atoms with van der Waals surface area (Å²) in [4.78, 5) is 10.2. The lowest BCUT2D eigenvalue weighted by molar-refractivity contribution is -0.138. The Morgan fingerprint density at radius 3 is 1.64 bits per heavy atom. The van der Waals surface area contributed by atoms with Gasteiger partial charge in [0.1, 0.15) is 0 Å². The molecule has 0 aromatic carbocycles. The second-order valence-corrected chi connectivity index (χ2v) is 5.78. The number of unbranched alkanes of at least 4 members (excludes halogenated alkanes) is 3. The molecule has 0 aromatic heterocycles. The van der Waals surface area contributed by atoms with Crippen molar-refractivity contribution in [3.63, 3.8) is 0 Å². The Morgan fingerprint density at radius 1 is 0.682 bits per heavy atom. The van der Waals surface area contributed by atoms with Crippen LogP contribution >= 0.6 is 22.6 Å². The molecule has 0 aliphatic rings. The van der Waals surface area contributed by atoms with Gasteiger partial charge in [0.15, 0.2) is 0 Å². The molecule has 0 saturated heterocycles. The van der Waals surface area contributed by atoms with Crippen LogP contribution in [0.2, 0.25) is 0 Å². The van der Waals surface area contributed by atoms with E-state index < -0.39 is 5.97 Å². The Balaban J connectivity index is 2.95. The third-order valence-electron chi connectivity index (χ3n) is 2.75. The normalized spacial score (nSPS) is 11.0. The van der Waals surface area contributed by atoms with Gasteiger partial charge in [0.05, 0.1) is 52.7 Å². The van der Waals surface area contributed by atoms with Crippen molar-refractivity contribution in [3.8, 4) is 0 Å². The van der Waals surface area contributed by atoms with E-state index in [1.807, 2.05) is 0 Å². The van der Waals surface area contributed by atoms with Crippen LogP contribution in [0.25, 0.3) is 0 Å². The van der Waals surface area contributed by atoms with Crippen molar-refractivity contribution < 1.29 is 28.8 Å². The van der Waals surface area contributed by atoms with Crippen molar-refractivity contribution in [1.82, 2.24) is 0 Å². The Labute approximate surface area is 147 Å². The molecule has 0 amide bonds. The lowest BCUT2D eigenvalue weighted by Crippen LogP contribution is -2.12. The van der Waals surface area contributed by atoms with E-state index in [2.05, 4.69) is 22.6 Å². The van der Waals surface area contributed by atoms with Crippen LogP contribution in [0, 0.1) is 0 Å². The third-order valence-corrected chi connectivity index (χ3v) is 3.51. The summed E-state index contributed by atoms with van der Waals surface area (Å²) in [6, 6.07) is 0. The maximum Gasteiger partial charge on any atom is 0.305 e. The van der Waals surface area contributed by atoms with Gasteiger partial charge >= 0.3 is 5.97 Å². The van der Waals surface area contributed by atoms with Gasteiger partial charge in [-0.15, -0.1) is 0 Å². The van der Waals surface area contributed by atoms with Gasteiger partial charge in [0.25, 0.3) is 0 Å². The van der Waals surface area contributed by atoms with Crippen LogP contribution in [0.3, 0.4) is 0 Å². The maximum absolute atomic E-state index is 10.2. The molecule has 0 saturated carbocycles. The molecule has 0 aliphatic heterocycles. The maximum atomic E-state index is 10.2. The monoisotopic (exact) mass is 432 g/mol. The lowest BCUT2D eigenvalue weighted by atomic mass is 10.2. The average molecular weight is 432 g/mol. The fourth-order valence-corrected chi connectivity index (χ4v) is 2.11. The average Bonchev–Trinajstić information content (AvgIpc) is 2.50. The summed E-state index contributed by atoms with van der Waals surface area (Å²) in [5.41, 5.74) is 0. The zero-order valence-electron chi connectivity index (χ0n) is 13.3. The van der Waals surface area contributed by atoms with Crippen molar-refractivity contribution in [1.29, 1.82) is 0 Å². The summed E-state index contributed by atoms with van der Waals surface area (Å²) in [7, 11) is 0. The van der Waals surface area contributed by atoms with Gasteiger partial charge in [0.2, 0.25) is 0 Å². The minimum atomic E-state index is -0.850. The van der Waals surface area contributed by atoms with Crippen molar-refractivity contribution in [3.05, 3.63) is 0 Å². The molecular weight excluding hydrogens is 403 g/mol. The summed E-state index contributed by atoms with van der Waals surface area (Å²) in [5, 5.41) is 8.40. The number of carbonyl (C=O) groups is 1. The second kappa shape index (κ2) is 19.1. The minimum absolute atomic E-state index is 0.0291. The van der Waals surface area contributed by atoms with Crippen LogP contribution < -0.4 is 0 Å². The molecule has 22 heavy (non-hydrogen) atoms. The topological polar surface area (TPSA) is 74.2 Å². The fourth-order valence-electron chi connectivity index (χ4n) is 1.57. The molecule has 0 heterocycles. The number of carboxylic acid groups (broad SMARTS) is 1. The van der Waals surface area contributed by atoms with Gasteiger partial charge in [-0.2, -0.15) is 0 Å². The standard InChI is InChI=1S/C15H29IO6/c16-6-3-1-2-4-7-19-9-11-21-13-14-22-12-10-20-8-5-15(17)18/h1-14H2,(H,17,18). The predicted molar refractivity (Wildman–Crippen MR) is 92.9 cm³/mol. The van der Waals surface area contributed by atoms with Crippen LogP contribution in [0.15, 0.2) is 0 Å². The molecule has 0 rings (SSSR count). The molecule has 0 aliphatic carbocycles. The summed E-state index contributed by atoms with van der Waals surface area (Å²) in [6.07, 6.45) is 4.99. The highest BCUT2D eigenvalue weighted by Gasteiger charge is 1.96. The molecule has 0 radical (unpaired) electrons. The van der Waals surface area contributed by atoms with E-state index in [4.69, 9.17) is 24.1 Å². The number of hydrogen-bond acceptors (Lipinski definition) is 5. The van der Waals surface area contributed by atoms with E-state index in [1.165, 1.54) is 23.7 Å². The molecule has 0 spiro atoms. The Hall–Kier alpha value is 0.0400. The molecule has 7 heteroatoms. The Morgan fingerprint density at radius 2 is 1.14 bits per heavy atom. The molecule has 0 unspecified atom stereocenters. The summed E-state index contributed by atoms with van der Waals surface area (Å²) < 4.78 is 22.4. The molecular formula is C15H29IO6. The number of ether oxygens (including phenoxy) is 4. The number of carboxylic acids is 1. The first kappa shape index (κ1) is 22.0. The number of alkyl halides is 1. The van der Waals surface area contributed by atoms with E-state index >= 15 is 0 Å². The highest BCUT2D eigenvalue weighted by Crippen LogP contribution is 2.02. The number of hydrogen-bond donors (Lipinski definition) is 1. The number of halogens is 1. The summed E-state index contributed by atoms with van der Waals surface area (Å²) >= 11 is 2.40. The van der Waals surface area contributed by atoms with Crippen molar-refractivity contribution in [2.75, 3.05) is 57.3 Å². The van der Waals surface area contributed by atoms with Gasteiger partial charge in [-0.05, 0) is 17.3 Å².